The molecule has 0 aromatic heterocycles. The summed E-state index contributed by atoms with van der Waals surface area (Å²) in [5.41, 5.74) is -2.37. The van der Waals surface area contributed by atoms with Crippen molar-refractivity contribution < 1.29 is 29.3 Å². The summed E-state index contributed by atoms with van der Waals surface area (Å²) < 4.78 is 6.39. The molecule has 8 heteroatoms. The first kappa shape index (κ1) is 30.1. The quantitative estimate of drug-likeness (QED) is 0.317. The molecule has 0 aromatic rings. The van der Waals surface area contributed by atoms with E-state index in [1.165, 1.54) is 18.7 Å². The number of carbonyl (C=O) groups excluding carboxylic acids is 3. The number of thioether (sulfide) groups is 1. The van der Waals surface area contributed by atoms with Gasteiger partial charge in [-0.05, 0) is 68.6 Å². The summed E-state index contributed by atoms with van der Waals surface area (Å²) >= 11 is 1.46. The van der Waals surface area contributed by atoms with Gasteiger partial charge in [-0.2, -0.15) is 0 Å². The second-order valence-corrected chi connectivity index (χ2v) is 15.6. The van der Waals surface area contributed by atoms with Gasteiger partial charge >= 0.3 is 5.97 Å². The molecule has 7 nitrogen and oxygen atoms in total. The third kappa shape index (κ3) is 4.41. The molecule has 0 aliphatic heterocycles. The topological polar surface area (TPSA) is 113 Å². The molecule has 40 heavy (non-hydrogen) atoms. The zero-order chi connectivity index (χ0) is 29.3. The van der Waals surface area contributed by atoms with Crippen molar-refractivity contribution in [1.82, 2.24) is 5.32 Å². The van der Waals surface area contributed by atoms with Crippen molar-refractivity contribution in [2.24, 2.45) is 39.9 Å². The molecule has 0 aromatic carbocycles. The van der Waals surface area contributed by atoms with Crippen LogP contribution in [0.4, 0.5) is 0 Å². The molecule has 3 N–H and O–H groups in total. The van der Waals surface area contributed by atoms with Crippen LogP contribution in [-0.2, 0) is 19.1 Å². The molecule has 5 rings (SSSR count). The van der Waals surface area contributed by atoms with Crippen LogP contribution in [0.3, 0.4) is 0 Å². The molecular weight excluding hydrogens is 526 g/mol. The van der Waals surface area contributed by atoms with E-state index in [2.05, 4.69) is 32.7 Å². The summed E-state index contributed by atoms with van der Waals surface area (Å²) in [7, 11) is 0. The van der Waals surface area contributed by atoms with Gasteiger partial charge in [0.1, 0.15) is 11.9 Å². The molecule has 1 amide bonds. The molecule has 0 heterocycles. The van der Waals surface area contributed by atoms with Crippen molar-refractivity contribution in [3.05, 3.63) is 12.7 Å². The number of Topliss-reactive ketones (excluding diaryl/α,β-unsaturated/α-hetero) is 1. The van der Waals surface area contributed by atoms with Gasteiger partial charge in [-0.15, -0.1) is 18.3 Å². The number of hydrogen-bond acceptors (Lipinski definition) is 7. The van der Waals surface area contributed by atoms with Gasteiger partial charge in [0.25, 0.3) is 0 Å². The number of ether oxygens (including phenoxy) is 1. The number of aliphatic hydroxyl groups excluding tert-OH is 1. The fourth-order valence-electron chi connectivity index (χ4n) is 10.1. The van der Waals surface area contributed by atoms with Gasteiger partial charge in [0, 0.05) is 47.3 Å². The molecule has 5 saturated carbocycles. The number of hydrogen-bond donors (Lipinski definition) is 3. The number of fused-ring (bicyclic) bond motifs is 1. The SMILES string of the molecule is C=C[C@]1(C)C[C@@H](OC(=O)CSC2CCC3C(NC(C)=O)CCC23O)[C@]2(C)C(C)CCC3(CCC(=O)[C@H]32)[C@@H](C)C1O. The van der Waals surface area contributed by atoms with Crippen LogP contribution in [0, 0.1) is 39.9 Å². The van der Waals surface area contributed by atoms with Gasteiger partial charge in [0.05, 0.1) is 17.5 Å². The number of aliphatic hydroxyl groups is 2. The van der Waals surface area contributed by atoms with Gasteiger partial charge in [-0.1, -0.05) is 33.8 Å². The van der Waals surface area contributed by atoms with E-state index in [0.717, 1.165) is 38.5 Å². The first-order valence-electron chi connectivity index (χ1n) is 15.4. The minimum Gasteiger partial charge on any atom is -0.461 e. The Hall–Kier alpha value is -1.38. The van der Waals surface area contributed by atoms with Crippen LogP contribution in [0.5, 0.6) is 0 Å². The van der Waals surface area contributed by atoms with Crippen LogP contribution in [0.15, 0.2) is 12.7 Å². The summed E-state index contributed by atoms with van der Waals surface area (Å²) in [6, 6.07) is -0.0164. The molecule has 7 unspecified atom stereocenters. The van der Waals surface area contributed by atoms with Crippen LogP contribution in [0.1, 0.15) is 92.4 Å². The zero-order valence-electron chi connectivity index (χ0n) is 24.9. The highest BCUT2D eigenvalue weighted by Crippen LogP contribution is 2.68. The third-order valence-electron chi connectivity index (χ3n) is 12.6. The largest absolute Gasteiger partial charge is 0.461 e. The number of nitrogens with one attached hydrogen (secondary N) is 1. The molecule has 5 fully saturated rings. The maximum absolute atomic E-state index is 13.6. The zero-order valence-corrected chi connectivity index (χ0v) is 25.7. The lowest BCUT2D eigenvalue weighted by molar-refractivity contribution is -0.205. The van der Waals surface area contributed by atoms with Gasteiger partial charge in [-0.3, -0.25) is 14.4 Å². The maximum Gasteiger partial charge on any atom is 0.316 e. The van der Waals surface area contributed by atoms with Crippen molar-refractivity contribution in [2.75, 3.05) is 5.75 Å². The predicted molar refractivity (Wildman–Crippen MR) is 155 cm³/mol. The van der Waals surface area contributed by atoms with Crippen molar-refractivity contribution in [1.29, 1.82) is 0 Å². The highest BCUT2D eigenvalue weighted by Gasteiger charge is 2.68. The third-order valence-corrected chi connectivity index (χ3v) is 14.1. The lowest BCUT2D eigenvalue weighted by Gasteiger charge is -2.61. The first-order chi connectivity index (χ1) is 18.7. The lowest BCUT2D eigenvalue weighted by atomic mass is 9.44. The Morgan fingerprint density at radius 3 is 2.55 bits per heavy atom. The summed E-state index contributed by atoms with van der Waals surface area (Å²) in [5, 5.41) is 26.2. The van der Waals surface area contributed by atoms with E-state index in [9.17, 15) is 24.6 Å². The van der Waals surface area contributed by atoms with E-state index >= 15 is 0 Å². The summed E-state index contributed by atoms with van der Waals surface area (Å²) in [5.74, 6) is -0.134. The van der Waals surface area contributed by atoms with E-state index in [-0.39, 0.29) is 63.8 Å². The minimum atomic E-state index is -0.889. The second-order valence-electron chi connectivity index (χ2n) is 14.4. The van der Waals surface area contributed by atoms with Gasteiger partial charge in [0.2, 0.25) is 5.91 Å². The van der Waals surface area contributed by atoms with E-state index in [4.69, 9.17) is 4.74 Å². The van der Waals surface area contributed by atoms with E-state index in [0.29, 0.717) is 19.3 Å². The fraction of sp³-hybridized carbons (Fsp3) is 0.844. The summed E-state index contributed by atoms with van der Waals surface area (Å²) in [6.45, 7) is 14.1. The molecule has 0 saturated heterocycles. The van der Waals surface area contributed by atoms with E-state index < -0.39 is 28.6 Å². The Morgan fingerprint density at radius 2 is 1.88 bits per heavy atom. The molecule has 0 spiro atoms. The van der Waals surface area contributed by atoms with Crippen LogP contribution < -0.4 is 5.32 Å². The van der Waals surface area contributed by atoms with Crippen molar-refractivity contribution in [3.63, 3.8) is 0 Å². The Bertz CT molecular complexity index is 1070. The number of amides is 1. The monoisotopic (exact) mass is 575 g/mol. The van der Waals surface area contributed by atoms with Crippen molar-refractivity contribution in [2.45, 2.75) is 122 Å². The minimum absolute atomic E-state index is 0.0100. The van der Waals surface area contributed by atoms with Gasteiger partial charge in [0.15, 0.2) is 0 Å². The Balaban J connectivity index is 1.36. The Labute approximate surface area is 243 Å². The molecule has 5 aliphatic carbocycles. The maximum atomic E-state index is 13.6. The van der Waals surface area contributed by atoms with Crippen molar-refractivity contribution >= 4 is 29.4 Å². The number of carbonyl (C=O) groups is 3. The highest BCUT2D eigenvalue weighted by atomic mass is 32.2. The predicted octanol–water partition coefficient (Wildman–Crippen LogP) is 4.43. The number of esters is 1. The van der Waals surface area contributed by atoms with Crippen LogP contribution in [0.25, 0.3) is 0 Å². The van der Waals surface area contributed by atoms with Crippen molar-refractivity contribution in [3.8, 4) is 0 Å². The van der Waals surface area contributed by atoms with Gasteiger partial charge < -0.3 is 20.3 Å². The average Bonchev–Trinajstić information content (AvgIpc) is 3.53. The summed E-state index contributed by atoms with van der Waals surface area (Å²) in [4.78, 5) is 38.8. The summed E-state index contributed by atoms with van der Waals surface area (Å²) in [6.07, 6.45) is 7.17. The number of ketones is 1. The number of rotatable bonds is 6. The molecule has 5 aliphatic rings. The standard InChI is InChI=1S/C32H49NO6S/c1-7-29(5)16-24(30(6)18(2)10-13-31(19(3)28(29)37)14-12-23(35)27(30)31)39-26(36)17-40-25-9-8-21-22(33-20(4)34)11-15-32(21,25)38/h7,18-19,21-22,24-25,27-28,37-38H,1,8-17H2,2-6H3,(H,33,34)/t18?,19-,21?,22?,24+,25?,27-,28?,29+,30-,31?,32?/m0/s1. The Morgan fingerprint density at radius 1 is 1.15 bits per heavy atom. The molecule has 12 atom stereocenters. The second kappa shape index (κ2) is 10.4. The average molecular weight is 576 g/mol. The van der Waals surface area contributed by atoms with Crippen LogP contribution in [-0.4, -0.2) is 62.7 Å². The van der Waals surface area contributed by atoms with Gasteiger partial charge in [-0.25, -0.2) is 0 Å². The lowest BCUT2D eigenvalue weighted by Crippen LogP contribution is -2.63. The molecule has 2 bridgehead atoms. The molecule has 224 valence electrons. The molecule has 0 radical (unpaired) electrons. The Kier molecular flexibility index (Phi) is 7.83. The molecular formula is C32H49NO6S. The highest BCUT2D eigenvalue weighted by molar-refractivity contribution is 8.00. The van der Waals surface area contributed by atoms with Crippen LogP contribution in [0.2, 0.25) is 0 Å². The van der Waals surface area contributed by atoms with E-state index in [1.807, 2.05) is 13.0 Å². The fourth-order valence-corrected chi connectivity index (χ4v) is 11.4. The van der Waals surface area contributed by atoms with Crippen LogP contribution >= 0.6 is 11.8 Å². The van der Waals surface area contributed by atoms with E-state index in [1.54, 1.807) is 0 Å². The smallest absolute Gasteiger partial charge is 0.316 e. The normalized spacial score (nSPS) is 49.9. The first-order valence-corrected chi connectivity index (χ1v) is 16.4.